The molecule has 2 heteroatoms. The van der Waals surface area contributed by atoms with E-state index >= 15 is 0 Å². The maximum absolute atomic E-state index is 5.90. The lowest BCUT2D eigenvalue weighted by atomic mass is 9.81. The van der Waals surface area contributed by atoms with Crippen LogP contribution in [0, 0.1) is 0 Å². The summed E-state index contributed by atoms with van der Waals surface area (Å²) in [5.41, 5.74) is 1.41. The average molecular weight is 295 g/mol. The summed E-state index contributed by atoms with van der Waals surface area (Å²) < 4.78 is 6.95. The van der Waals surface area contributed by atoms with Crippen LogP contribution < -0.4 is 0 Å². The van der Waals surface area contributed by atoms with E-state index in [1.54, 1.807) is 0 Å². The molecular formula is C15H19BrO. The molecule has 0 amide bonds. The van der Waals surface area contributed by atoms with Crippen molar-refractivity contribution < 1.29 is 4.74 Å². The molecule has 1 aromatic rings. The minimum absolute atomic E-state index is 0.332. The third-order valence-corrected chi connectivity index (χ3v) is 3.52. The van der Waals surface area contributed by atoms with Gasteiger partial charge in [0.1, 0.15) is 6.10 Å². The first-order chi connectivity index (χ1) is 8.27. The molecule has 1 unspecified atom stereocenters. The molecule has 92 valence electrons. The van der Waals surface area contributed by atoms with Crippen molar-refractivity contribution in [1.29, 1.82) is 0 Å². The van der Waals surface area contributed by atoms with Gasteiger partial charge in [0.05, 0.1) is 6.26 Å². The second-order valence-electron chi connectivity index (χ2n) is 4.68. The fourth-order valence-corrected chi connectivity index (χ4v) is 2.63. The van der Waals surface area contributed by atoms with E-state index in [2.05, 4.69) is 46.3 Å². The number of benzene rings is 1. The van der Waals surface area contributed by atoms with E-state index in [9.17, 15) is 0 Å². The predicted octanol–water partition coefficient (Wildman–Crippen LogP) is 4.99. The summed E-state index contributed by atoms with van der Waals surface area (Å²) in [5, 5.41) is 0. The van der Waals surface area contributed by atoms with Gasteiger partial charge in [-0.1, -0.05) is 52.7 Å². The number of hydrogen-bond donors (Lipinski definition) is 0. The van der Waals surface area contributed by atoms with E-state index in [0.717, 1.165) is 10.9 Å². The molecular weight excluding hydrogens is 276 g/mol. The number of halogens is 1. The van der Waals surface area contributed by atoms with Gasteiger partial charge in [-0.15, -0.1) is 0 Å². The van der Waals surface area contributed by atoms with Crippen molar-refractivity contribution in [2.75, 3.05) is 0 Å². The first-order valence-corrected chi connectivity index (χ1v) is 7.09. The van der Waals surface area contributed by atoms with Crippen molar-refractivity contribution in [3.05, 3.63) is 46.6 Å². The standard InChI is InChI=1S/C15H19BrO/c1-12(16)11-17-15-10-6-5-9-14(15)13-7-3-2-4-8-13/h2-4,7-8,11,14-15H,5-6,9-10H2,1H3/b12-11+/t14-,15?/m1/s1. The highest BCUT2D eigenvalue weighted by Crippen LogP contribution is 2.35. The summed E-state index contributed by atoms with van der Waals surface area (Å²) in [6, 6.07) is 10.7. The van der Waals surface area contributed by atoms with Crippen molar-refractivity contribution in [3.8, 4) is 0 Å². The van der Waals surface area contributed by atoms with Gasteiger partial charge in [0.25, 0.3) is 0 Å². The Morgan fingerprint density at radius 3 is 2.65 bits per heavy atom. The molecule has 2 rings (SSSR count). The third kappa shape index (κ3) is 3.60. The highest BCUT2D eigenvalue weighted by Gasteiger charge is 2.27. The molecule has 17 heavy (non-hydrogen) atoms. The van der Waals surface area contributed by atoms with Crippen LogP contribution in [0.15, 0.2) is 41.1 Å². The molecule has 0 aromatic heterocycles. The molecule has 0 N–H and O–H groups in total. The van der Waals surface area contributed by atoms with Gasteiger partial charge in [0.15, 0.2) is 0 Å². The molecule has 1 nitrogen and oxygen atoms in total. The summed E-state index contributed by atoms with van der Waals surface area (Å²) in [6.45, 7) is 2.00. The van der Waals surface area contributed by atoms with Crippen LogP contribution in [0.25, 0.3) is 0 Å². The number of allylic oxidation sites excluding steroid dienone is 1. The molecule has 0 spiro atoms. The Hall–Kier alpha value is -0.760. The molecule has 0 saturated heterocycles. The molecule has 0 aliphatic heterocycles. The van der Waals surface area contributed by atoms with E-state index in [1.165, 1.54) is 24.8 Å². The fraction of sp³-hybridized carbons (Fsp3) is 0.467. The second kappa shape index (κ2) is 6.25. The van der Waals surface area contributed by atoms with Crippen LogP contribution in [0.1, 0.15) is 44.1 Å². The smallest absolute Gasteiger partial charge is 0.105 e. The van der Waals surface area contributed by atoms with Crippen molar-refractivity contribution in [2.24, 2.45) is 0 Å². The highest BCUT2D eigenvalue weighted by atomic mass is 79.9. The monoisotopic (exact) mass is 294 g/mol. The summed E-state index contributed by atoms with van der Waals surface area (Å²) in [4.78, 5) is 0. The molecule has 1 fully saturated rings. The minimum Gasteiger partial charge on any atom is -0.497 e. The third-order valence-electron chi connectivity index (χ3n) is 3.34. The zero-order valence-electron chi connectivity index (χ0n) is 10.2. The van der Waals surface area contributed by atoms with Gasteiger partial charge in [0.2, 0.25) is 0 Å². The lowest BCUT2D eigenvalue weighted by molar-refractivity contribution is 0.0843. The van der Waals surface area contributed by atoms with Crippen LogP contribution in [0.5, 0.6) is 0 Å². The maximum atomic E-state index is 5.90. The normalized spacial score (nSPS) is 25.6. The second-order valence-corrected chi connectivity index (χ2v) is 5.93. The zero-order chi connectivity index (χ0) is 12.1. The summed E-state index contributed by atoms with van der Waals surface area (Å²) in [5.74, 6) is 0.549. The lowest BCUT2D eigenvalue weighted by Crippen LogP contribution is -2.24. The first-order valence-electron chi connectivity index (χ1n) is 6.30. The molecule has 1 aromatic carbocycles. The van der Waals surface area contributed by atoms with E-state index in [4.69, 9.17) is 4.74 Å². The van der Waals surface area contributed by atoms with E-state index < -0.39 is 0 Å². The first kappa shape index (κ1) is 12.7. The number of hydrogen-bond acceptors (Lipinski definition) is 1. The maximum Gasteiger partial charge on any atom is 0.105 e. The van der Waals surface area contributed by atoms with Crippen LogP contribution in [-0.2, 0) is 4.74 Å². The van der Waals surface area contributed by atoms with Crippen LogP contribution in [0.4, 0.5) is 0 Å². The van der Waals surface area contributed by atoms with Gasteiger partial charge in [-0.05, 0) is 31.7 Å². The van der Waals surface area contributed by atoms with Crippen LogP contribution in [0.3, 0.4) is 0 Å². The van der Waals surface area contributed by atoms with E-state index in [0.29, 0.717) is 12.0 Å². The Bertz CT molecular complexity index is 368. The van der Waals surface area contributed by atoms with Gasteiger partial charge < -0.3 is 4.74 Å². The highest BCUT2D eigenvalue weighted by molar-refractivity contribution is 9.11. The summed E-state index contributed by atoms with van der Waals surface area (Å²) in [7, 11) is 0. The Kier molecular flexibility index (Phi) is 4.66. The van der Waals surface area contributed by atoms with Crippen LogP contribution in [0.2, 0.25) is 0 Å². The number of rotatable bonds is 3. The van der Waals surface area contributed by atoms with Crippen molar-refractivity contribution in [2.45, 2.75) is 44.6 Å². The Morgan fingerprint density at radius 1 is 1.24 bits per heavy atom. The summed E-state index contributed by atoms with van der Waals surface area (Å²) in [6.07, 6.45) is 7.17. The Balaban J connectivity index is 2.10. The van der Waals surface area contributed by atoms with Crippen LogP contribution in [-0.4, -0.2) is 6.10 Å². The molecule has 0 heterocycles. The van der Waals surface area contributed by atoms with Gasteiger partial charge in [0, 0.05) is 10.4 Å². The van der Waals surface area contributed by atoms with Gasteiger partial charge in [-0.3, -0.25) is 0 Å². The molecule has 2 atom stereocenters. The number of ether oxygens (including phenoxy) is 1. The predicted molar refractivity (Wildman–Crippen MR) is 75.2 cm³/mol. The Morgan fingerprint density at radius 2 is 1.94 bits per heavy atom. The molecule has 0 bridgehead atoms. The average Bonchev–Trinajstić information content (AvgIpc) is 2.38. The van der Waals surface area contributed by atoms with Crippen molar-refractivity contribution in [3.63, 3.8) is 0 Å². The van der Waals surface area contributed by atoms with Crippen molar-refractivity contribution >= 4 is 15.9 Å². The topological polar surface area (TPSA) is 9.23 Å². The largest absolute Gasteiger partial charge is 0.497 e. The van der Waals surface area contributed by atoms with Gasteiger partial charge in [-0.2, -0.15) is 0 Å². The molecule has 0 radical (unpaired) electrons. The summed E-state index contributed by atoms with van der Waals surface area (Å²) >= 11 is 3.41. The fourth-order valence-electron chi connectivity index (χ4n) is 2.52. The lowest BCUT2D eigenvalue weighted by Gasteiger charge is -2.31. The van der Waals surface area contributed by atoms with Gasteiger partial charge >= 0.3 is 0 Å². The minimum atomic E-state index is 0.332. The van der Waals surface area contributed by atoms with Crippen molar-refractivity contribution in [1.82, 2.24) is 0 Å². The quantitative estimate of drug-likeness (QED) is 0.714. The SMILES string of the molecule is C/C(Br)=C\OC1CCCC[C@@H]1c1ccccc1. The van der Waals surface area contributed by atoms with Gasteiger partial charge in [-0.25, -0.2) is 0 Å². The van der Waals surface area contributed by atoms with E-state index in [-0.39, 0.29) is 0 Å². The Labute approximate surface area is 112 Å². The van der Waals surface area contributed by atoms with E-state index in [1.807, 2.05) is 13.2 Å². The molecule has 1 saturated carbocycles. The molecule has 1 aliphatic rings. The molecule has 1 aliphatic carbocycles. The zero-order valence-corrected chi connectivity index (χ0v) is 11.8. The van der Waals surface area contributed by atoms with Crippen LogP contribution >= 0.6 is 15.9 Å².